The molecule has 1 heterocycles. The average Bonchev–Trinajstić information content (AvgIpc) is 2.03. The van der Waals surface area contributed by atoms with Gasteiger partial charge in [-0.3, -0.25) is 4.98 Å². The van der Waals surface area contributed by atoms with Gasteiger partial charge in [-0.1, -0.05) is 6.07 Å². The third-order valence-electron chi connectivity index (χ3n) is 1.55. The number of aromatic nitrogens is 1. The molecule has 1 aromatic rings. The SMILES string of the molecule is Cc1cncc(C(N)C(F)F)c1. The monoisotopic (exact) mass is 172 g/mol. The van der Waals surface area contributed by atoms with E-state index in [1.54, 1.807) is 19.2 Å². The van der Waals surface area contributed by atoms with Crippen molar-refractivity contribution in [3.63, 3.8) is 0 Å². The van der Waals surface area contributed by atoms with E-state index in [9.17, 15) is 8.78 Å². The van der Waals surface area contributed by atoms with E-state index in [-0.39, 0.29) is 0 Å². The Morgan fingerprint density at radius 2 is 2.08 bits per heavy atom. The summed E-state index contributed by atoms with van der Waals surface area (Å²) in [6.07, 6.45) is 0.430. The quantitative estimate of drug-likeness (QED) is 0.736. The van der Waals surface area contributed by atoms with E-state index in [1.807, 2.05) is 0 Å². The Bertz CT molecular complexity index is 263. The molecule has 0 spiro atoms. The molecule has 1 atom stereocenters. The standard InChI is InChI=1S/C8H10F2N2/c1-5-2-6(4-12-3-5)7(11)8(9)10/h2-4,7-8H,11H2,1H3. The molecule has 1 unspecified atom stereocenters. The van der Waals surface area contributed by atoms with Gasteiger partial charge in [-0.25, -0.2) is 8.78 Å². The first-order valence-electron chi connectivity index (χ1n) is 3.56. The highest BCUT2D eigenvalue weighted by molar-refractivity contribution is 5.20. The van der Waals surface area contributed by atoms with Crippen LogP contribution in [-0.4, -0.2) is 11.4 Å². The summed E-state index contributed by atoms with van der Waals surface area (Å²) in [5.74, 6) is 0. The number of nitrogens with two attached hydrogens (primary N) is 1. The van der Waals surface area contributed by atoms with E-state index in [0.717, 1.165) is 5.56 Å². The van der Waals surface area contributed by atoms with E-state index in [4.69, 9.17) is 5.73 Å². The molecule has 0 aliphatic heterocycles. The lowest BCUT2D eigenvalue weighted by Gasteiger charge is -2.09. The van der Waals surface area contributed by atoms with Crippen molar-refractivity contribution in [2.45, 2.75) is 19.4 Å². The summed E-state index contributed by atoms with van der Waals surface area (Å²) in [5.41, 5.74) is 6.43. The fourth-order valence-electron chi connectivity index (χ4n) is 0.906. The molecular weight excluding hydrogens is 162 g/mol. The Kier molecular flexibility index (Phi) is 2.70. The minimum atomic E-state index is -2.53. The molecule has 1 aromatic heterocycles. The third kappa shape index (κ3) is 1.98. The summed E-state index contributed by atoms with van der Waals surface area (Å²) in [7, 11) is 0. The smallest absolute Gasteiger partial charge is 0.257 e. The van der Waals surface area contributed by atoms with Crippen molar-refractivity contribution in [2.24, 2.45) is 5.73 Å². The number of alkyl halides is 2. The molecule has 1 rings (SSSR count). The summed E-state index contributed by atoms with van der Waals surface area (Å²) < 4.78 is 24.2. The fraction of sp³-hybridized carbons (Fsp3) is 0.375. The minimum Gasteiger partial charge on any atom is -0.319 e. The molecule has 0 saturated heterocycles. The van der Waals surface area contributed by atoms with Gasteiger partial charge in [0.05, 0.1) is 6.04 Å². The van der Waals surface area contributed by atoms with Crippen LogP contribution in [0.25, 0.3) is 0 Å². The van der Waals surface area contributed by atoms with Crippen molar-refractivity contribution >= 4 is 0 Å². The summed E-state index contributed by atoms with van der Waals surface area (Å²) in [4.78, 5) is 3.77. The van der Waals surface area contributed by atoms with Crippen LogP contribution in [0.1, 0.15) is 17.2 Å². The van der Waals surface area contributed by atoms with E-state index >= 15 is 0 Å². The number of rotatable bonds is 2. The van der Waals surface area contributed by atoms with Crippen LogP contribution in [0.2, 0.25) is 0 Å². The number of pyridine rings is 1. The van der Waals surface area contributed by atoms with Crippen molar-refractivity contribution in [3.8, 4) is 0 Å². The van der Waals surface area contributed by atoms with Gasteiger partial charge in [-0.05, 0) is 18.1 Å². The zero-order chi connectivity index (χ0) is 9.14. The zero-order valence-corrected chi connectivity index (χ0v) is 6.67. The van der Waals surface area contributed by atoms with Gasteiger partial charge in [0.1, 0.15) is 0 Å². The molecule has 2 nitrogen and oxygen atoms in total. The van der Waals surface area contributed by atoms with Crippen LogP contribution < -0.4 is 5.73 Å². The Balaban J connectivity index is 2.88. The van der Waals surface area contributed by atoms with Crippen LogP contribution in [0, 0.1) is 6.92 Å². The maximum absolute atomic E-state index is 12.1. The van der Waals surface area contributed by atoms with Gasteiger partial charge in [0, 0.05) is 12.4 Å². The number of nitrogens with zero attached hydrogens (tertiary/aromatic N) is 1. The van der Waals surface area contributed by atoms with Gasteiger partial charge >= 0.3 is 0 Å². The molecule has 66 valence electrons. The van der Waals surface area contributed by atoms with Crippen LogP contribution in [0.4, 0.5) is 8.78 Å². The first kappa shape index (κ1) is 9.06. The topological polar surface area (TPSA) is 38.9 Å². The fourth-order valence-corrected chi connectivity index (χ4v) is 0.906. The zero-order valence-electron chi connectivity index (χ0n) is 6.67. The Labute approximate surface area is 69.4 Å². The van der Waals surface area contributed by atoms with Gasteiger partial charge in [-0.2, -0.15) is 0 Å². The Morgan fingerprint density at radius 3 is 2.58 bits per heavy atom. The predicted octanol–water partition coefficient (Wildman–Crippen LogP) is 1.65. The van der Waals surface area contributed by atoms with E-state index in [1.165, 1.54) is 6.20 Å². The molecule has 2 N–H and O–H groups in total. The molecule has 0 aromatic carbocycles. The second-order valence-electron chi connectivity index (χ2n) is 2.66. The number of hydrogen-bond donors (Lipinski definition) is 1. The summed E-state index contributed by atoms with van der Waals surface area (Å²) >= 11 is 0. The third-order valence-corrected chi connectivity index (χ3v) is 1.55. The van der Waals surface area contributed by atoms with Crippen molar-refractivity contribution in [1.82, 2.24) is 4.98 Å². The highest BCUT2D eigenvalue weighted by Crippen LogP contribution is 2.17. The van der Waals surface area contributed by atoms with Crippen LogP contribution >= 0.6 is 0 Å². The van der Waals surface area contributed by atoms with Gasteiger partial charge in [-0.15, -0.1) is 0 Å². The number of hydrogen-bond acceptors (Lipinski definition) is 2. The molecule has 12 heavy (non-hydrogen) atoms. The molecule has 0 fully saturated rings. The average molecular weight is 172 g/mol. The molecule has 0 bridgehead atoms. The molecule has 0 amide bonds. The normalized spacial score (nSPS) is 13.4. The van der Waals surface area contributed by atoms with Crippen LogP contribution in [-0.2, 0) is 0 Å². The van der Waals surface area contributed by atoms with E-state index < -0.39 is 12.5 Å². The molecule has 0 saturated carbocycles. The second-order valence-corrected chi connectivity index (χ2v) is 2.66. The van der Waals surface area contributed by atoms with Gasteiger partial charge in [0.2, 0.25) is 0 Å². The van der Waals surface area contributed by atoms with Gasteiger partial charge in [0.25, 0.3) is 6.43 Å². The van der Waals surface area contributed by atoms with Crippen molar-refractivity contribution in [3.05, 3.63) is 29.6 Å². The maximum Gasteiger partial charge on any atom is 0.257 e. The minimum absolute atomic E-state index is 0.380. The highest BCUT2D eigenvalue weighted by Gasteiger charge is 2.17. The van der Waals surface area contributed by atoms with Crippen LogP contribution in [0.5, 0.6) is 0 Å². The maximum atomic E-state index is 12.1. The lowest BCUT2D eigenvalue weighted by molar-refractivity contribution is 0.116. The highest BCUT2D eigenvalue weighted by atomic mass is 19.3. The van der Waals surface area contributed by atoms with Crippen molar-refractivity contribution in [2.75, 3.05) is 0 Å². The summed E-state index contributed by atoms with van der Waals surface area (Å²) in [5, 5.41) is 0. The predicted molar refractivity (Wildman–Crippen MR) is 41.9 cm³/mol. The first-order chi connectivity index (χ1) is 5.61. The van der Waals surface area contributed by atoms with Gasteiger partial charge < -0.3 is 5.73 Å². The lowest BCUT2D eigenvalue weighted by Crippen LogP contribution is -2.19. The first-order valence-corrected chi connectivity index (χ1v) is 3.56. The van der Waals surface area contributed by atoms with Crippen LogP contribution in [0.3, 0.4) is 0 Å². The second kappa shape index (κ2) is 3.58. The molecule has 4 heteroatoms. The Morgan fingerprint density at radius 1 is 1.42 bits per heavy atom. The molecular formula is C8H10F2N2. The molecule has 0 aliphatic rings. The number of aryl methyl sites for hydroxylation is 1. The van der Waals surface area contributed by atoms with E-state index in [0.29, 0.717) is 5.56 Å². The molecule has 0 radical (unpaired) electrons. The van der Waals surface area contributed by atoms with E-state index in [2.05, 4.69) is 4.98 Å². The summed E-state index contributed by atoms with van der Waals surface area (Å²) in [6, 6.07) is 0.390. The number of halogens is 2. The molecule has 0 aliphatic carbocycles. The lowest BCUT2D eigenvalue weighted by atomic mass is 10.1. The summed E-state index contributed by atoms with van der Waals surface area (Å²) in [6.45, 7) is 1.79. The largest absolute Gasteiger partial charge is 0.319 e. The van der Waals surface area contributed by atoms with Crippen molar-refractivity contribution in [1.29, 1.82) is 0 Å². The van der Waals surface area contributed by atoms with Crippen molar-refractivity contribution < 1.29 is 8.78 Å². The van der Waals surface area contributed by atoms with Crippen LogP contribution in [0.15, 0.2) is 18.5 Å². The Hall–Kier alpha value is -1.03. The van der Waals surface area contributed by atoms with Gasteiger partial charge in [0.15, 0.2) is 0 Å².